The normalized spacial score (nSPS) is 19.9. The third kappa shape index (κ3) is 1.94. The van der Waals surface area contributed by atoms with Crippen molar-refractivity contribution in [3.63, 3.8) is 0 Å². The van der Waals surface area contributed by atoms with E-state index in [-0.39, 0.29) is 19.4 Å². The fourth-order valence-corrected chi connectivity index (χ4v) is 2.92. The average molecular weight is 263 g/mol. The number of nitrogens with zero attached hydrogens (tertiary/aromatic N) is 2. The Kier molecular flexibility index (Phi) is 2.67. The molecule has 19 heavy (non-hydrogen) atoms. The van der Waals surface area contributed by atoms with Crippen LogP contribution in [0.2, 0.25) is 0 Å². The van der Waals surface area contributed by atoms with Crippen molar-refractivity contribution in [2.24, 2.45) is 5.73 Å². The van der Waals surface area contributed by atoms with E-state index in [4.69, 9.17) is 5.73 Å². The maximum absolute atomic E-state index is 13.3. The van der Waals surface area contributed by atoms with Crippen LogP contribution in [-0.2, 0) is 5.41 Å². The lowest BCUT2D eigenvalue weighted by Gasteiger charge is -2.47. The van der Waals surface area contributed by atoms with Gasteiger partial charge in [-0.2, -0.15) is 5.10 Å². The summed E-state index contributed by atoms with van der Waals surface area (Å²) in [6.07, 6.45) is 3.10. The van der Waals surface area contributed by atoms with Gasteiger partial charge in [-0.3, -0.25) is 0 Å². The fourth-order valence-electron chi connectivity index (χ4n) is 2.92. The standard InChI is InChI=1S/C14H15F2N3/c15-14(16)8-13(9-14,10-17)11-4-1-2-5-12(11)19-7-3-6-18-19/h1-7H,8-10,17H2. The minimum absolute atomic E-state index is 0.186. The maximum Gasteiger partial charge on any atom is 0.250 e. The molecule has 1 aliphatic rings. The maximum atomic E-state index is 13.3. The topological polar surface area (TPSA) is 43.8 Å². The highest BCUT2D eigenvalue weighted by atomic mass is 19.3. The van der Waals surface area contributed by atoms with Crippen LogP contribution < -0.4 is 5.73 Å². The Hall–Kier alpha value is -1.75. The van der Waals surface area contributed by atoms with Gasteiger partial charge in [-0.1, -0.05) is 18.2 Å². The Balaban J connectivity index is 2.06. The van der Waals surface area contributed by atoms with Gasteiger partial charge in [0.25, 0.3) is 0 Å². The highest BCUT2D eigenvalue weighted by Crippen LogP contribution is 2.53. The molecule has 1 aromatic carbocycles. The van der Waals surface area contributed by atoms with Gasteiger partial charge in [0.05, 0.1) is 5.69 Å². The zero-order valence-corrected chi connectivity index (χ0v) is 10.4. The van der Waals surface area contributed by atoms with Gasteiger partial charge in [0.1, 0.15) is 0 Å². The van der Waals surface area contributed by atoms with Gasteiger partial charge < -0.3 is 5.73 Å². The molecular formula is C14H15F2N3. The molecule has 1 heterocycles. The quantitative estimate of drug-likeness (QED) is 0.924. The smallest absolute Gasteiger partial charge is 0.250 e. The molecule has 1 saturated carbocycles. The van der Waals surface area contributed by atoms with E-state index in [0.29, 0.717) is 0 Å². The Bertz CT molecular complexity index is 570. The van der Waals surface area contributed by atoms with Gasteiger partial charge in [-0.15, -0.1) is 0 Å². The number of rotatable bonds is 3. The molecule has 5 heteroatoms. The molecule has 1 aromatic heterocycles. The van der Waals surface area contributed by atoms with Gasteiger partial charge >= 0.3 is 0 Å². The van der Waals surface area contributed by atoms with Gasteiger partial charge in [0, 0.05) is 37.2 Å². The Morgan fingerprint density at radius 1 is 1.21 bits per heavy atom. The summed E-state index contributed by atoms with van der Waals surface area (Å²) >= 11 is 0. The van der Waals surface area contributed by atoms with Crippen molar-refractivity contribution in [3.05, 3.63) is 48.3 Å². The third-order valence-corrected chi connectivity index (χ3v) is 3.81. The van der Waals surface area contributed by atoms with Gasteiger partial charge in [-0.25, -0.2) is 13.5 Å². The van der Waals surface area contributed by atoms with Crippen LogP contribution in [0.3, 0.4) is 0 Å². The van der Waals surface area contributed by atoms with Crippen molar-refractivity contribution in [2.45, 2.75) is 24.2 Å². The summed E-state index contributed by atoms with van der Waals surface area (Å²) in [5.74, 6) is -2.60. The van der Waals surface area contributed by atoms with E-state index in [9.17, 15) is 8.78 Å². The van der Waals surface area contributed by atoms with Crippen molar-refractivity contribution < 1.29 is 8.78 Å². The molecule has 0 amide bonds. The van der Waals surface area contributed by atoms with Gasteiger partial charge in [0.15, 0.2) is 0 Å². The van der Waals surface area contributed by atoms with Crippen LogP contribution >= 0.6 is 0 Å². The first kappa shape index (κ1) is 12.3. The minimum Gasteiger partial charge on any atom is -0.330 e. The number of hydrogen-bond donors (Lipinski definition) is 1. The molecule has 1 fully saturated rings. The number of benzene rings is 1. The summed E-state index contributed by atoms with van der Waals surface area (Å²) in [7, 11) is 0. The molecule has 100 valence electrons. The summed E-state index contributed by atoms with van der Waals surface area (Å²) in [5.41, 5.74) is 6.83. The predicted octanol–water partition coefficient (Wildman–Crippen LogP) is 2.50. The first-order chi connectivity index (χ1) is 9.06. The van der Waals surface area contributed by atoms with Crippen molar-refractivity contribution in [2.75, 3.05) is 6.54 Å². The second-order valence-electron chi connectivity index (χ2n) is 5.16. The summed E-state index contributed by atoms with van der Waals surface area (Å²) in [6.45, 7) is 0.223. The lowest BCUT2D eigenvalue weighted by Crippen LogP contribution is -2.54. The molecule has 0 aliphatic heterocycles. The van der Waals surface area contributed by atoms with E-state index < -0.39 is 11.3 Å². The largest absolute Gasteiger partial charge is 0.330 e. The van der Waals surface area contributed by atoms with Gasteiger partial charge in [-0.05, 0) is 17.7 Å². The average Bonchev–Trinajstić information content (AvgIpc) is 2.89. The van der Waals surface area contributed by atoms with Crippen molar-refractivity contribution >= 4 is 0 Å². The fraction of sp³-hybridized carbons (Fsp3) is 0.357. The SMILES string of the molecule is NCC1(c2ccccc2-n2cccn2)CC(F)(F)C1. The van der Waals surface area contributed by atoms with Crippen LogP contribution in [0.25, 0.3) is 5.69 Å². The molecule has 0 atom stereocenters. The van der Waals surface area contributed by atoms with Crippen LogP contribution in [-0.4, -0.2) is 22.2 Å². The van der Waals surface area contributed by atoms with Crippen LogP contribution in [0.1, 0.15) is 18.4 Å². The van der Waals surface area contributed by atoms with E-state index in [2.05, 4.69) is 5.10 Å². The summed E-state index contributed by atoms with van der Waals surface area (Å²) in [4.78, 5) is 0. The lowest BCUT2D eigenvalue weighted by atomic mass is 9.61. The van der Waals surface area contributed by atoms with Crippen molar-refractivity contribution in [3.8, 4) is 5.69 Å². The number of hydrogen-bond acceptors (Lipinski definition) is 2. The zero-order valence-electron chi connectivity index (χ0n) is 10.4. The van der Waals surface area contributed by atoms with E-state index in [0.717, 1.165) is 11.3 Å². The van der Waals surface area contributed by atoms with Crippen LogP contribution in [0.4, 0.5) is 8.78 Å². The summed E-state index contributed by atoms with van der Waals surface area (Å²) < 4.78 is 28.3. The number of alkyl halides is 2. The molecule has 2 aromatic rings. The molecule has 0 spiro atoms. The monoisotopic (exact) mass is 263 g/mol. The highest BCUT2D eigenvalue weighted by Gasteiger charge is 2.57. The Morgan fingerprint density at radius 3 is 2.53 bits per heavy atom. The van der Waals surface area contributed by atoms with Gasteiger partial charge in [0.2, 0.25) is 5.92 Å². The number of halogens is 2. The molecule has 1 aliphatic carbocycles. The van der Waals surface area contributed by atoms with Crippen LogP contribution in [0, 0.1) is 0 Å². The lowest BCUT2D eigenvalue weighted by molar-refractivity contribution is -0.123. The summed E-state index contributed by atoms with van der Waals surface area (Å²) in [5, 5.41) is 4.18. The molecule has 2 N–H and O–H groups in total. The zero-order chi connectivity index (χ0) is 13.5. The molecule has 0 bridgehead atoms. The van der Waals surface area contributed by atoms with Crippen LogP contribution in [0.5, 0.6) is 0 Å². The van der Waals surface area contributed by atoms with E-state index in [1.807, 2.05) is 24.3 Å². The van der Waals surface area contributed by atoms with Crippen LogP contribution in [0.15, 0.2) is 42.7 Å². The third-order valence-electron chi connectivity index (χ3n) is 3.81. The Morgan fingerprint density at radius 2 is 1.95 bits per heavy atom. The first-order valence-electron chi connectivity index (χ1n) is 6.24. The van der Waals surface area contributed by atoms with Crippen molar-refractivity contribution in [1.82, 2.24) is 9.78 Å². The number of para-hydroxylation sites is 1. The molecule has 0 radical (unpaired) electrons. The van der Waals surface area contributed by atoms with Crippen molar-refractivity contribution in [1.29, 1.82) is 0 Å². The molecule has 0 unspecified atom stereocenters. The molecule has 3 nitrogen and oxygen atoms in total. The Labute approximate surface area is 110 Å². The molecule has 3 rings (SSSR count). The first-order valence-corrected chi connectivity index (χ1v) is 6.24. The highest BCUT2D eigenvalue weighted by molar-refractivity contribution is 5.47. The predicted molar refractivity (Wildman–Crippen MR) is 68.5 cm³/mol. The summed E-state index contributed by atoms with van der Waals surface area (Å²) in [6, 6.07) is 9.30. The minimum atomic E-state index is -2.60. The van der Waals surface area contributed by atoms with E-state index >= 15 is 0 Å². The second-order valence-corrected chi connectivity index (χ2v) is 5.16. The number of nitrogens with two attached hydrogens (primary N) is 1. The molecular weight excluding hydrogens is 248 g/mol. The van der Waals surface area contributed by atoms with E-state index in [1.165, 1.54) is 0 Å². The number of aromatic nitrogens is 2. The van der Waals surface area contributed by atoms with E-state index in [1.54, 1.807) is 23.1 Å². The molecule has 0 saturated heterocycles. The second kappa shape index (κ2) is 4.13.